The molecule has 0 saturated carbocycles. The Balaban J connectivity index is 1.45. The monoisotopic (exact) mass is 499 g/mol. The lowest BCUT2D eigenvalue weighted by molar-refractivity contribution is 0.669. The van der Waals surface area contributed by atoms with E-state index in [4.69, 9.17) is 19.4 Å². The van der Waals surface area contributed by atoms with E-state index in [1.54, 1.807) is 0 Å². The molecule has 0 radical (unpaired) electrons. The lowest BCUT2D eigenvalue weighted by Crippen LogP contribution is -2.01. The van der Waals surface area contributed by atoms with Crippen LogP contribution in [0.5, 0.6) is 0 Å². The molecule has 0 aliphatic rings. The topological polar surface area (TPSA) is 51.8 Å². The first-order chi connectivity index (χ1) is 19.3. The Hall–Kier alpha value is -5.35. The van der Waals surface area contributed by atoms with E-state index in [9.17, 15) is 0 Å². The van der Waals surface area contributed by atoms with Crippen molar-refractivity contribution < 1.29 is 4.42 Å². The maximum absolute atomic E-state index is 6.37. The molecule has 8 rings (SSSR count). The second kappa shape index (κ2) is 8.61. The quantitative estimate of drug-likeness (QED) is 0.243. The van der Waals surface area contributed by atoms with Gasteiger partial charge in [-0.1, -0.05) is 115 Å². The second-order valence-corrected chi connectivity index (χ2v) is 9.64. The number of hydrogen-bond acceptors (Lipinski definition) is 4. The van der Waals surface area contributed by atoms with Gasteiger partial charge in [-0.2, -0.15) is 0 Å². The van der Waals surface area contributed by atoms with Crippen molar-refractivity contribution in [3.8, 4) is 34.2 Å². The van der Waals surface area contributed by atoms with Gasteiger partial charge in [0.1, 0.15) is 11.2 Å². The molecule has 2 aromatic heterocycles. The summed E-state index contributed by atoms with van der Waals surface area (Å²) in [5.74, 6) is 1.85. The zero-order chi connectivity index (χ0) is 25.8. The minimum absolute atomic E-state index is 0.584. The predicted molar refractivity (Wildman–Crippen MR) is 158 cm³/mol. The first-order valence-electron chi connectivity index (χ1n) is 13.0. The van der Waals surface area contributed by atoms with Gasteiger partial charge in [0.05, 0.1) is 5.56 Å². The van der Waals surface area contributed by atoms with Gasteiger partial charge in [-0.05, 0) is 33.7 Å². The molecule has 0 atom stereocenters. The molecule has 182 valence electrons. The zero-order valence-electron chi connectivity index (χ0n) is 20.9. The number of para-hydroxylation sites is 2. The van der Waals surface area contributed by atoms with Gasteiger partial charge < -0.3 is 4.42 Å². The third kappa shape index (κ3) is 3.50. The van der Waals surface area contributed by atoms with E-state index in [0.717, 1.165) is 60.2 Å². The van der Waals surface area contributed by atoms with Crippen molar-refractivity contribution in [1.29, 1.82) is 0 Å². The Morgan fingerprint density at radius 1 is 0.359 bits per heavy atom. The smallest absolute Gasteiger partial charge is 0.167 e. The van der Waals surface area contributed by atoms with E-state index in [1.807, 2.05) is 30.3 Å². The van der Waals surface area contributed by atoms with Gasteiger partial charge in [-0.25, -0.2) is 15.0 Å². The van der Waals surface area contributed by atoms with Crippen LogP contribution >= 0.6 is 0 Å². The highest BCUT2D eigenvalue weighted by Gasteiger charge is 2.19. The first-order valence-corrected chi connectivity index (χ1v) is 13.0. The molecule has 4 nitrogen and oxygen atoms in total. The number of aromatic nitrogens is 3. The highest BCUT2D eigenvalue weighted by atomic mass is 16.3. The van der Waals surface area contributed by atoms with Crippen molar-refractivity contribution in [2.45, 2.75) is 0 Å². The molecule has 0 bridgehead atoms. The highest BCUT2D eigenvalue weighted by Crippen LogP contribution is 2.37. The summed E-state index contributed by atoms with van der Waals surface area (Å²) in [5, 5.41) is 6.60. The molecular formula is C35H21N3O. The van der Waals surface area contributed by atoms with Crippen LogP contribution in [0.4, 0.5) is 0 Å². The fourth-order valence-electron chi connectivity index (χ4n) is 5.50. The third-order valence-electron chi connectivity index (χ3n) is 7.34. The molecule has 0 unspecified atom stereocenters. The number of rotatable bonds is 3. The molecule has 0 aliphatic carbocycles. The largest absolute Gasteiger partial charge is 0.455 e. The Morgan fingerprint density at radius 3 is 1.44 bits per heavy atom. The summed E-state index contributed by atoms with van der Waals surface area (Å²) in [4.78, 5) is 15.2. The van der Waals surface area contributed by atoms with E-state index >= 15 is 0 Å². The Morgan fingerprint density at radius 2 is 0.795 bits per heavy atom. The van der Waals surface area contributed by atoms with Crippen LogP contribution in [0.3, 0.4) is 0 Å². The number of nitrogens with zero attached hydrogens (tertiary/aromatic N) is 3. The van der Waals surface area contributed by atoms with Crippen molar-refractivity contribution in [2.24, 2.45) is 0 Å². The van der Waals surface area contributed by atoms with Gasteiger partial charge in [0.15, 0.2) is 17.5 Å². The summed E-state index contributed by atoms with van der Waals surface area (Å²) >= 11 is 0. The molecule has 0 amide bonds. The SMILES string of the molecule is c1ccc2c(-c3nc(-c4cccc5ccccc45)nc(-c4cccc5c4oc4ccccc45)n3)cccc2c1. The van der Waals surface area contributed by atoms with E-state index in [2.05, 4.69) is 97.1 Å². The summed E-state index contributed by atoms with van der Waals surface area (Å²) in [6.45, 7) is 0. The summed E-state index contributed by atoms with van der Waals surface area (Å²) < 4.78 is 6.37. The lowest BCUT2D eigenvalue weighted by Gasteiger charge is -2.11. The van der Waals surface area contributed by atoms with Crippen LogP contribution in [0.1, 0.15) is 0 Å². The number of benzene rings is 6. The van der Waals surface area contributed by atoms with Crippen molar-refractivity contribution in [1.82, 2.24) is 15.0 Å². The fourth-order valence-corrected chi connectivity index (χ4v) is 5.50. The average molecular weight is 500 g/mol. The second-order valence-electron chi connectivity index (χ2n) is 9.64. The van der Waals surface area contributed by atoms with Crippen LogP contribution < -0.4 is 0 Å². The molecule has 0 saturated heterocycles. The van der Waals surface area contributed by atoms with Crippen LogP contribution in [0, 0.1) is 0 Å². The van der Waals surface area contributed by atoms with Crippen LogP contribution in [0.25, 0.3) is 77.6 Å². The van der Waals surface area contributed by atoms with Crippen molar-refractivity contribution >= 4 is 43.5 Å². The molecule has 39 heavy (non-hydrogen) atoms. The third-order valence-corrected chi connectivity index (χ3v) is 7.34. The molecular weight excluding hydrogens is 478 g/mol. The van der Waals surface area contributed by atoms with Crippen LogP contribution in [-0.2, 0) is 0 Å². The summed E-state index contributed by atoms with van der Waals surface area (Å²) in [7, 11) is 0. The maximum atomic E-state index is 6.37. The maximum Gasteiger partial charge on any atom is 0.167 e. The summed E-state index contributed by atoms with van der Waals surface area (Å²) in [5.41, 5.74) is 4.40. The minimum atomic E-state index is 0.584. The summed E-state index contributed by atoms with van der Waals surface area (Å²) in [6, 6.07) is 43.4. The van der Waals surface area contributed by atoms with Crippen molar-refractivity contribution in [2.75, 3.05) is 0 Å². The van der Waals surface area contributed by atoms with E-state index in [1.165, 1.54) is 0 Å². The normalized spacial score (nSPS) is 11.6. The van der Waals surface area contributed by atoms with Gasteiger partial charge >= 0.3 is 0 Å². The van der Waals surface area contributed by atoms with Gasteiger partial charge in [-0.15, -0.1) is 0 Å². The predicted octanol–water partition coefficient (Wildman–Crippen LogP) is 9.08. The van der Waals surface area contributed by atoms with Gasteiger partial charge in [0.25, 0.3) is 0 Å². The number of furan rings is 1. The molecule has 4 heteroatoms. The number of fused-ring (bicyclic) bond motifs is 5. The highest BCUT2D eigenvalue weighted by molar-refractivity contribution is 6.09. The molecule has 2 heterocycles. The van der Waals surface area contributed by atoms with E-state index in [0.29, 0.717) is 17.5 Å². The van der Waals surface area contributed by atoms with Gasteiger partial charge in [-0.3, -0.25) is 0 Å². The van der Waals surface area contributed by atoms with Gasteiger partial charge in [0.2, 0.25) is 0 Å². The molecule has 8 aromatic rings. The molecule has 0 fully saturated rings. The molecule has 0 spiro atoms. The van der Waals surface area contributed by atoms with Crippen molar-refractivity contribution in [3.63, 3.8) is 0 Å². The van der Waals surface area contributed by atoms with Crippen LogP contribution in [0.15, 0.2) is 132 Å². The Labute approximate surface area is 224 Å². The number of hydrogen-bond donors (Lipinski definition) is 0. The standard InChI is InChI=1S/C35H21N3O/c1-3-14-24-22(10-1)12-7-18-28(24)33-36-34(29-19-8-13-23-11-2-4-15-25(23)29)38-35(37-33)30-20-9-17-27-26-16-5-6-21-31(26)39-32(27)30/h1-21H. The first kappa shape index (κ1) is 21.7. The zero-order valence-corrected chi connectivity index (χ0v) is 20.9. The fraction of sp³-hybridized carbons (Fsp3) is 0. The lowest BCUT2D eigenvalue weighted by atomic mass is 10.0. The average Bonchev–Trinajstić information content (AvgIpc) is 3.39. The molecule has 6 aromatic carbocycles. The Bertz CT molecular complexity index is 2090. The Kier molecular flexibility index (Phi) is 4.79. The van der Waals surface area contributed by atoms with E-state index in [-0.39, 0.29) is 0 Å². The van der Waals surface area contributed by atoms with Crippen LogP contribution in [0.2, 0.25) is 0 Å². The minimum Gasteiger partial charge on any atom is -0.455 e. The van der Waals surface area contributed by atoms with Crippen LogP contribution in [-0.4, -0.2) is 15.0 Å². The van der Waals surface area contributed by atoms with Crippen molar-refractivity contribution in [3.05, 3.63) is 127 Å². The molecule has 0 aliphatic heterocycles. The molecule has 0 N–H and O–H groups in total. The summed E-state index contributed by atoms with van der Waals surface area (Å²) in [6.07, 6.45) is 0. The van der Waals surface area contributed by atoms with Gasteiger partial charge in [0, 0.05) is 21.9 Å². The van der Waals surface area contributed by atoms with E-state index < -0.39 is 0 Å².